The van der Waals surface area contributed by atoms with E-state index in [-0.39, 0.29) is 42.9 Å². The molecular weight excluding hydrogens is 220 g/mol. The van der Waals surface area contributed by atoms with Crippen LogP contribution in [0.2, 0.25) is 0 Å². The van der Waals surface area contributed by atoms with Crippen molar-refractivity contribution in [1.29, 1.82) is 0 Å². The van der Waals surface area contributed by atoms with E-state index in [9.17, 15) is 0 Å². The summed E-state index contributed by atoms with van der Waals surface area (Å²) < 4.78 is 0. The Balaban J connectivity index is -0.000000250. The normalized spacial score (nSPS) is 8.36. The van der Waals surface area contributed by atoms with E-state index in [2.05, 4.69) is 19.9 Å². The van der Waals surface area contributed by atoms with E-state index in [1.54, 1.807) is 12.5 Å². The van der Waals surface area contributed by atoms with E-state index in [1.165, 1.54) is 6.33 Å². The molecule has 2 aromatic rings. The molecule has 1 N–H and O–H groups in total. The van der Waals surface area contributed by atoms with E-state index in [0.717, 1.165) is 5.52 Å². The summed E-state index contributed by atoms with van der Waals surface area (Å²) in [7, 11) is 0. The number of aromatic nitrogens is 4. The predicted octanol–water partition coefficient (Wildman–Crippen LogP) is 0.775. The third kappa shape index (κ3) is 2.11. The monoisotopic (exact) mass is 226 g/mol. The number of halogens is 1. The Morgan fingerprint density at radius 2 is 2.18 bits per heavy atom. The number of fused-ring (bicyclic) bond motifs is 1. The van der Waals surface area contributed by atoms with Gasteiger partial charge in [-0.05, 0) is 0 Å². The molecule has 0 saturated carbocycles. The fourth-order valence-electron chi connectivity index (χ4n) is 0.691. The van der Waals surface area contributed by atoms with Gasteiger partial charge in [-0.1, -0.05) is 0 Å². The number of imidazole rings is 1. The van der Waals surface area contributed by atoms with Gasteiger partial charge in [0.05, 0.1) is 12.5 Å². The van der Waals surface area contributed by atoms with Gasteiger partial charge in [0.25, 0.3) is 0 Å². The van der Waals surface area contributed by atoms with Crippen LogP contribution in [-0.4, -0.2) is 43.0 Å². The van der Waals surface area contributed by atoms with Gasteiger partial charge in [0, 0.05) is 0 Å². The fourth-order valence-corrected chi connectivity index (χ4v) is 0.691. The van der Waals surface area contributed by atoms with Crippen molar-refractivity contribution in [2.24, 2.45) is 0 Å². The van der Waals surface area contributed by atoms with Gasteiger partial charge in [-0.15, -0.1) is 17.0 Å². The summed E-state index contributed by atoms with van der Waals surface area (Å²) in [6, 6.07) is 0. The van der Waals surface area contributed by atoms with Gasteiger partial charge >= 0.3 is 23.1 Å². The van der Waals surface area contributed by atoms with Crippen molar-refractivity contribution in [3.05, 3.63) is 18.9 Å². The minimum atomic E-state index is 0. The van der Waals surface area contributed by atoms with Crippen LogP contribution in [-0.2, 0) is 0 Å². The molecule has 2 heterocycles. The predicted molar refractivity (Wildman–Crippen MR) is 50.0 cm³/mol. The van der Waals surface area contributed by atoms with Crippen LogP contribution in [0.3, 0.4) is 0 Å². The molecule has 0 aliphatic rings. The maximum absolute atomic E-state index is 3.91. The number of aromatic amines is 1. The van der Waals surface area contributed by atoms with Crippen LogP contribution >= 0.6 is 17.0 Å². The maximum atomic E-state index is 3.91. The molecule has 0 saturated heterocycles. The molecule has 0 aromatic carbocycles. The number of rotatable bonds is 0. The molecule has 2 aromatic heterocycles. The summed E-state index contributed by atoms with van der Waals surface area (Å²) in [5, 5.41) is 0. The zero-order valence-corrected chi connectivity index (χ0v) is 8.82. The minimum absolute atomic E-state index is 0. The van der Waals surface area contributed by atoms with Crippen molar-refractivity contribution in [1.82, 2.24) is 19.9 Å². The van der Waals surface area contributed by atoms with E-state index >= 15 is 0 Å². The van der Waals surface area contributed by atoms with Crippen LogP contribution in [0.5, 0.6) is 0 Å². The average molecular weight is 227 g/mol. The summed E-state index contributed by atoms with van der Waals surface area (Å²) in [4.78, 5) is 14.5. The molecule has 0 spiro atoms. The third-order valence-electron chi connectivity index (χ3n) is 1.10. The Morgan fingerprint density at radius 1 is 1.36 bits per heavy atom. The average Bonchev–Trinajstić information content (AvgIpc) is 2.33. The summed E-state index contributed by atoms with van der Waals surface area (Å²) in [6.45, 7) is 0. The molecule has 0 atom stereocenters. The molecule has 0 unspecified atom stereocenters. The number of nitrogens with zero attached hydrogens (tertiary/aromatic N) is 3. The SMILES string of the molecule is Br.[H-].[H-].[Mg+2].c1ncc2[nH]cnc2n1. The quantitative estimate of drug-likeness (QED) is 0.677. The van der Waals surface area contributed by atoms with E-state index in [4.69, 9.17) is 0 Å². The van der Waals surface area contributed by atoms with Crippen LogP contribution < -0.4 is 0 Å². The Bertz CT molecular complexity index is 301. The summed E-state index contributed by atoms with van der Waals surface area (Å²) >= 11 is 0. The molecule has 0 amide bonds. The van der Waals surface area contributed by atoms with Crippen molar-refractivity contribution in [3.8, 4) is 0 Å². The first-order chi connectivity index (χ1) is 4.47. The first kappa shape index (κ1) is 10.8. The summed E-state index contributed by atoms with van der Waals surface area (Å²) in [5.41, 5.74) is 1.59. The van der Waals surface area contributed by atoms with Crippen LogP contribution in [0.25, 0.3) is 11.2 Å². The second-order valence-corrected chi connectivity index (χ2v) is 1.66. The van der Waals surface area contributed by atoms with E-state index in [1.807, 2.05) is 0 Å². The van der Waals surface area contributed by atoms with Gasteiger partial charge in [0.2, 0.25) is 0 Å². The zero-order chi connectivity index (χ0) is 6.10. The number of hydrogen-bond donors (Lipinski definition) is 1. The second-order valence-electron chi connectivity index (χ2n) is 1.66. The minimum Gasteiger partial charge on any atom is -1.00 e. The van der Waals surface area contributed by atoms with Gasteiger partial charge in [-0.25, -0.2) is 15.0 Å². The van der Waals surface area contributed by atoms with Crippen molar-refractivity contribution >= 4 is 51.2 Å². The molecular formula is C5H7BrMgN4. The zero-order valence-electron chi connectivity index (χ0n) is 7.69. The summed E-state index contributed by atoms with van der Waals surface area (Å²) in [6.07, 6.45) is 4.76. The molecule has 0 aliphatic heterocycles. The van der Waals surface area contributed by atoms with Crippen LogP contribution in [0, 0.1) is 0 Å². The van der Waals surface area contributed by atoms with Gasteiger partial charge < -0.3 is 7.84 Å². The number of hydrogen-bond acceptors (Lipinski definition) is 3. The van der Waals surface area contributed by atoms with Crippen molar-refractivity contribution in [2.75, 3.05) is 0 Å². The van der Waals surface area contributed by atoms with Gasteiger partial charge in [-0.3, -0.25) is 0 Å². The molecule has 4 nitrogen and oxygen atoms in total. The first-order valence-electron chi connectivity index (χ1n) is 2.56. The molecule has 56 valence electrons. The fraction of sp³-hybridized carbons (Fsp3) is 0. The molecule has 0 aliphatic carbocycles. The van der Waals surface area contributed by atoms with Crippen molar-refractivity contribution in [3.63, 3.8) is 0 Å². The standard InChI is InChI=1S/C5H4N4.BrH.Mg.2H/c1-4-5(8-2-6-1)9-3-7-4;;;;/h1-3H,(H,6,7,8,9);1H;;;/q;;+2;2*-1. The number of H-pyrrole nitrogens is 1. The van der Waals surface area contributed by atoms with E-state index in [0.29, 0.717) is 5.65 Å². The van der Waals surface area contributed by atoms with E-state index < -0.39 is 0 Å². The topological polar surface area (TPSA) is 54.5 Å². The summed E-state index contributed by atoms with van der Waals surface area (Å²) in [5.74, 6) is 0. The van der Waals surface area contributed by atoms with Crippen molar-refractivity contribution < 1.29 is 2.85 Å². The van der Waals surface area contributed by atoms with Gasteiger partial charge in [-0.2, -0.15) is 0 Å². The molecule has 2 rings (SSSR count). The van der Waals surface area contributed by atoms with Gasteiger partial charge in [0.1, 0.15) is 11.8 Å². The Labute approximate surface area is 92.7 Å². The first-order valence-corrected chi connectivity index (χ1v) is 2.56. The van der Waals surface area contributed by atoms with Gasteiger partial charge in [0.15, 0.2) is 5.65 Å². The molecule has 0 fully saturated rings. The number of nitrogens with one attached hydrogen (secondary N) is 1. The molecule has 0 radical (unpaired) electrons. The van der Waals surface area contributed by atoms with Crippen molar-refractivity contribution in [2.45, 2.75) is 0 Å². The maximum Gasteiger partial charge on any atom is 2.00 e. The molecule has 11 heavy (non-hydrogen) atoms. The van der Waals surface area contributed by atoms with Crippen LogP contribution in [0.1, 0.15) is 2.85 Å². The smallest absolute Gasteiger partial charge is 1.00 e. The Hall–Kier alpha value is -0.204. The molecule has 0 bridgehead atoms. The second kappa shape index (κ2) is 4.63. The van der Waals surface area contributed by atoms with Crippen LogP contribution in [0.15, 0.2) is 18.9 Å². The Morgan fingerprint density at radius 3 is 2.91 bits per heavy atom. The largest absolute Gasteiger partial charge is 2.00 e. The van der Waals surface area contributed by atoms with Crippen LogP contribution in [0.4, 0.5) is 0 Å². The Kier molecular flexibility index (Phi) is 4.54. The molecule has 6 heteroatoms. The third-order valence-corrected chi connectivity index (χ3v) is 1.10.